The summed E-state index contributed by atoms with van der Waals surface area (Å²) in [6.45, 7) is 4.96. The average molecular weight is 422 g/mol. The minimum atomic E-state index is -0.643. The highest BCUT2D eigenvalue weighted by atomic mass is 35.5. The first-order valence-electron chi connectivity index (χ1n) is 9.59. The Morgan fingerprint density at radius 3 is 2.45 bits per heavy atom. The maximum atomic E-state index is 12.7. The number of unbranched alkanes of at least 4 members (excludes halogenated alkanes) is 1. The first kappa shape index (κ1) is 21.0. The number of hydrogen-bond acceptors (Lipinski definition) is 6. The smallest absolute Gasteiger partial charge is 0.355 e. The molecular weight excluding hydrogens is 398 g/mol. The lowest BCUT2D eigenvalue weighted by atomic mass is 10.3. The van der Waals surface area contributed by atoms with E-state index in [0.717, 1.165) is 22.2 Å². The van der Waals surface area contributed by atoms with Crippen molar-refractivity contribution in [3.05, 3.63) is 39.8 Å². The van der Waals surface area contributed by atoms with Crippen LogP contribution < -0.4 is 11.0 Å². The highest BCUT2D eigenvalue weighted by Crippen LogP contribution is 2.11. The van der Waals surface area contributed by atoms with Crippen molar-refractivity contribution >= 4 is 23.5 Å². The van der Waals surface area contributed by atoms with E-state index < -0.39 is 11.7 Å². The molecule has 2 amide bonds. The summed E-state index contributed by atoms with van der Waals surface area (Å²) in [4.78, 5) is 40.6. The van der Waals surface area contributed by atoms with Gasteiger partial charge >= 0.3 is 11.7 Å². The SMILES string of the molecule is CCCCNC(=O)CN1CCN(C(=O)n2nnn(-c3ccc(Cl)cc3)c2=O)CC1. The van der Waals surface area contributed by atoms with Crippen LogP contribution in [0.4, 0.5) is 4.79 Å². The van der Waals surface area contributed by atoms with Crippen molar-refractivity contribution in [2.24, 2.45) is 0 Å². The number of halogens is 1. The highest BCUT2D eigenvalue weighted by Gasteiger charge is 2.26. The summed E-state index contributed by atoms with van der Waals surface area (Å²) in [5.41, 5.74) is -0.174. The number of benzene rings is 1. The van der Waals surface area contributed by atoms with E-state index >= 15 is 0 Å². The third-order valence-electron chi connectivity index (χ3n) is 4.70. The Labute approximate surface area is 173 Å². The van der Waals surface area contributed by atoms with Crippen molar-refractivity contribution < 1.29 is 9.59 Å². The Bertz CT molecular complexity index is 901. The van der Waals surface area contributed by atoms with Crippen LogP contribution >= 0.6 is 11.6 Å². The maximum Gasteiger partial charge on any atom is 0.377 e. The fourth-order valence-corrected chi connectivity index (χ4v) is 3.13. The molecule has 2 aromatic rings. The van der Waals surface area contributed by atoms with E-state index in [1.165, 1.54) is 4.90 Å². The number of carbonyl (C=O) groups is 2. The van der Waals surface area contributed by atoms with Crippen molar-refractivity contribution in [1.29, 1.82) is 0 Å². The first-order valence-corrected chi connectivity index (χ1v) is 9.96. The summed E-state index contributed by atoms with van der Waals surface area (Å²) in [5.74, 6) is -0.0136. The van der Waals surface area contributed by atoms with Crippen LogP contribution in [-0.2, 0) is 4.79 Å². The number of carbonyl (C=O) groups excluding carboxylic acids is 2. The van der Waals surface area contributed by atoms with Gasteiger partial charge in [-0.2, -0.15) is 4.68 Å². The van der Waals surface area contributed by atoms with Crippen LogP contribution in [0.3, 0.4) is 0 Å². The number of rotatable bonds is 6. The fraction of sp³-hybridized carbons (Fsp3) is 0.500. The van der Waals surface area contributed by atoms with E-state index in [2.05, 4.69) is 22.7 Å². The van der Waals surface area contributed by atoms with Crippen LogP contribution in [0.15, 0.2) is 29.1 Å². The predicted octanol–water partition coefficient (Wildman–Crippen LogP) is 0.584. The summed E-state index contributed by atoms with van der Waals surface area (Å²) in [7, 11) is 0. The van der Waals surface area contributed by atoms with Gasteiger partial charge in [0.05, 0.1) is 12.2 Å². The molecule has 2 heterocycles. The zero-order valence-electron chi connectivity index (χ0n) is 16.3. The topological polar surface area (TPSA) is 105 Å². The van der Waals surface area contributed by atoms with E-state index in [1.54, 1.807) is 24.3 Å². The number of aromatic nitrogens is 4. The van der Waals surface area contributed by atoms with Crippen LogP contribution in [0.5, 0.6) is 0 Å². The molecule has 0 aliphatic carbocycles. The Balaban J connectivity index is 1.57. The molecule has 0 saturated carbocycles. The van der Waals surface area contributed by atoms with Gasteiger partial charge in [-0.05, 0) is 41.1 Å². The van der Waals surface area contributed by atoms with E-state index in [0.29, 0.717) is 50.0 Å². The number of tetrazole rings is 1. The summed E-state index contributed by atoms with van der Waals surface area (Å²) in [6.07, 6.45) is 1.99. The molecule has 0 unspecified atom stereocenters. The largest absolute Gasteiger partial charge is 0.377 e. The van der Waals surface area contributed by atoms with Crippen molar-refractivity contribution in [3.63, 3.8) is 0 Å². The number of nitrogens with zero attached hydrogens (tertiary/aromatic N) is 6. The van der Waals surface area contributed by atoms with Gasteiger partial charge in [-0.1, -0.05) is 24.9 Å². The number of hydrogen-bond donors (Lipinski definition) is 1. The number of piperazine rings is 1. The standard InChI is InChI=1S/C18H24ClN7O3/c1-2-3-8-20-16(27)13-23-9-11-24(12-10-23)17(28)26-18(29)25(21-22-26)15-6-4-14(19)5-7-15/h4-7H,2-3,8-13H2,1H3,(H,20,27). The molecule has 0 spiro atoms. The molecule has 156 valence electrons. The highest BCUT2D eigenvalue weighted by molar-refractivity contribution is 6.30. The molecule has 1 aliphatic heterocycles. The monoisotopic (exact) mass is 421 g/mol. The number of amides is 2. The van der Waals surface area contributed by atoms with Gasteiger partial charge in [-0.3, -0.25) is 9.69 Å². The molecule has 0 radical (unpaired) electrons. The number of nitrogens with one attached hydrogen (secondary N) is 1. The lowest BCUT2D eigenvalue weighted by Crippen LogP contribution is -2.53. The Hall–Kier alpha value is -2.72. The van der Waals surface area contributed by atoms with Crippen LogP contribution in [0, 0.1) is 0 Å². The van der Waals surface area contributed by atoms with Crippen molar-refractivity contribution in [2.45, 2.75) is 19.8 Å². The molecule has 3 rings (SSSR count). The second-order valence-corrected chi connectivity index (χ2v) is 7.25. The van der Waals surface area contributed by atoms with E-state index in [1.807, 2.05) is 4.90 Å². The van der Waals surface area contributed by atoms with Gasteiger partial charge in [0.1, 0.15) is 0 Å². The zero-order valence-corrected chi connectivity index (χ0v) is 17.0. The predicted molar refractivity (Wildman–Crippen MR) is 107 cm³/mol. The molecule has 0 atom stereocenters. The molecule has 1 N–H and O–H groups in total. The molecule has 11 heteroatoms. The summed E-state index contributed by atoms with van der Waals surface area (Å²) >= 11 is 5.85. The molecule has 1 aliphatic rings. The van der Waals surface area contributed by atoms with Gasteiger partial charge < -0.3 is 10.2 Å². The van der Waals surface area contributed by atoms with Gasteiger partial charge in [-0.25, -0.2) is 9.59 Å². The lowest BCUT2D eigenvalue weighted by molar-refractivity contribution is -0.122. The molecule has 1 aromatic carbocycles. The Morgan fingerprint density at radius 2 is 1.79 bits per heavy atom. The van der Waals surface area contributed by atoms with Crippen molar-refractivity contribution in [1.82, 2.24) is 34.9 Å². The summed E-state index contributed by atoms with van der Waals surface area (Å²) in [6, 6.07) is 5.97. The zero-order chi connectivity index (χ0) is 20.8. The van der Waals surface area contributed by atoms with Crippen LogP contribution in [0.25, 0.3) is 5.69 Å². The van der Waals surface area contributed by atoms with Gasteiger partial charge in [0, 0.05) is 37.7 Å². The third kappa shape index (κ3) is 5.21. The molecular formula is C18H24ClN7O3. The Kier molecular flexibility index (Phi) is 6.99. The minimum absolute atomic E-state index is 0.0136. The van der Waals surface area contributed by atoms with E-state index in [9.17, 15) is 14.4 Å². The fourth-order valence-electron chi connectivity index (χ4n) is 3.01. The third-order valence-corrected chi connectivity index (χ3v) is 4.95. The van der Waals surface area contributed by atoms with Crippen LogP contribution in [-0.4, -0.2) is 80.8 Å². The average Bonchev–Trinajstić information content (AvgIpc) is 3.10. The normalized spacial score (nSPS) is 14.8. The second kappa shape index (κ2) is 9.66. The second-order valence-electron chi connectivity index (χ2n) is 6.81. The first-order chi connectivity index (χ1) is 14.0. The minimum Gasteiger partial charge on any atom is -0.355 e. The van der Waals surface area contributed by atoms with Crippen LogP contribution in [0.2, 0.25) is 5.02 Å². The summed E-state index contributed by atoms with van der Waals surface area (Å²) in [5, 5.41) is 10.9. The molecule has 1 fully saturated rings. The summed E-state index contributed by atoms with van der Waals surface area (Å²) < 4.78 is 1.80. The molecule has 29 heavy (non-hydrogen) atoms. The van der Waals surface area contributed by atoms with Crippen LogP contribution in [0.1, 0.15) is 19.8 Å². The van der Waals surface area contributed by atoms with E-state index in [4.69, 9.17) is 11.6 Å². The maximum absolute atomic E-state index is 12.7. The quantitative estimate of drug-likeness (QED) is 0.540. The van der Waals surface area contributed by atoms with Gasteiger partial charge in [0.15, 0.2) is 0 Å². The van der Waals surface area contributed by atoms with E-state index in [-0.39, 0.29) is 5.91 Å². The van der Waals surface area contributed by atoms with Crippen molar-refractivity contribution in [2.75, 3.05) is 39.3 Å². The molecule has 1 saturated heterocycles. The molecule has 1 aromatic heterocycles. The van der Waals surface area contributed by atoms with Gasteiger partial charge in [0.2, 0.25) is 5.91 Å². The van der Waals surface area contributed by atoms with Gasteiger partial charge in [-0.15, -0.1) is 4.68 Å². The lowest BCUT2D eigenvalue weighted by Gasteiger charge is -2.33. The molecule has 0 bridgehead atoms. The van der Waals surface area contributed by atoms with Gasteiger partial charge in [0.25, 0.3) is 0 Å². The molecule has 10 nitrogen and oxygen atoms in total. The Morgan fingerprint density at radius 1 is 1.10 bits per heavy atom. The van der Waals surface area contributed by atoms with Crippen molar-refractivity contribution in [3.8, 4) is 5.69 Å².